The highest BCUT2D eigenvalue weighted by Gasteiger charge is 2.23. The van der Waals surface area contributed by atoms with Crippen LogP contribution in [-0.4, -0.2) is 34.1 Å². The predicted octanol–water partition coefficient (Wildman–Crippen LogP) is 2.86. The zero-order valence-electron chi connectivity index (χ0n) is 11.4. The Labute approximate surface area is 125 Å². The second-order valence-corrected chi connectivity index (χ2v) is 4.97. The molecule has 7 heteroatoms. The monoisotopic (exact) mass is 308 g/mol. The first-order valence-corrected chi connectivity index (χ1v) is 6.50. The molecule has 6 nitrogen and oxygen atoms in total. The number of aromatic carboxylic acids is 1. The van der Waals surface area contributed by atoms with Gasteiger partial charge in [-0.05, 0) is 24.6 Å². The van der Waals surface area contributed by atoms with Crippen molar-refractivity contribution < 1.29 is 19.2 Å². The van der Waals surface area contributed by atoms with Crippen molar-refractivity contribution in [2.24, 2.45) is 0 Å². The number of halogens is 1. The molecule has 0 spiro atoms. The molecule has 0 saturated heterocycles. The number of carboxylic acid groups (broad SMARTS) is 1. The molecule has 1 amide bonds. The van der Waals surface area contributed by atoms with Gasteiger partial charge >= 0.3 is 5.97 Å². The lowest BCUT2D eigenvalue weighted by Gasteiger charge is -2.24. The summed E-state index contributed by atoms with van der Waals surface area (Å²) in [4.78, 5) is 24.4. The van der Waals surface area contributed by atoms with E-state index in [2.05, 4.69) is 9.68 Å². The minimum absolute atomic E-state index is 0.0521. The molecule has 2 aromatic rings. The number of carbonyl (C=O) groups excluding carboxylic acids is 1. The second kappa shape index (κ2) is 5.97. The molecule has 2 rings (SSSR count). The molecule has 0 aliphatic rings. The molecule has 110 valence electrons. The van der Waals surface area contributed by atoms with Crippen molar-refractivity contribution in [3.63, 3.8) is 0 Å². The van der Waals surface area contributed by atoms with Crippen LogP contribution in [0.4, 0.5) is 0 Å². The van der Waals surface area contributed by atoms with Crippen LogP contribution in [0.3, 0.4) is 0 Å². The van der Waals surface area contributed by atoms with Crippen LogP contribution in [0, 0.1) is 0 Å². The lowest BCUT2D eigenvalue weighted by molar-refractivity contribution is 0.0648. The van der Waals surface area contributed by atoms with E-state index in [-0.39, 0.29) is 17.5 Å². The van der Waals surface area contributed by atoms with E-state index in [9.17, 15) is 9.59 Å². The maximum Gasteiger partial charge on any atom is 0.374 e. The van der Waals surface area contributed by atoms with E-state index in [1.54, 1.807) is 25.2 Å². The third-order valence-corrected chi connectivity index (χ3v) is 3.41. The Kier molecular flexibility index (Phi) is 4.28. The van der Waals surface area contributed by atoms with E-state index >= 15 is 0 Å². The fourth-order valence-electron chi connectivity index (χ4n) is 1.82. The van der Waals surface area contributed by atoms with Gasteiger partial charge in [0.25, 0.3) is 5.91 Å². The van der Waals surface area contributed by atoms with Crippen LogP contribution in [0.5, 0.6) is 0 Å². The van der Waals surface area contributed by atoms with Crippen molar-refractivity contribution in [2.45, 2.75) is 13.0 Å². The van der Waals surface area contributed by atoms with Crippen molar-refractivity contribution in [3.05, 3.63) is 52.4 Å². The number of aromatic nitrogens is 1. The van der Waals surface area contributed by atoms with Gasteiger partial charge in [-0.2, -0.15) is 0 Å². The summed E-state index contributed by atoms with van der Waals surface area (Å²) in [7, 11) is 1.60. The highest BCUT2D eigenvalue weighted by Crippen LogP contribution is 2.23. The molecule has 21 heavy (non-hydrogen) atoms. The number of benzene rings is 1. The van der Waals surface area contributed by atoms with Crippen LogP contribution in [0.15, 0.2) is 34.9 Å². The van der Waals surface area contributed by atoms with Crippen molar-refractivity contribution in [1.29, 1.82) is 0 Å². The molecule has 0 bridgehead atoms. The molecular formula is C14H13ClN2O4. The largest absolute Gasteiger partial charge is 0.475 e. The molecule has 0 saturated carbocycles. The maximum absolute atomic E-state index is 12.3. The Morgan fingerprint density at radius 1 is 1.38 bits per heavy atom. The number of hydrogen-bond acceptors (Lipinski definition) is 4. The summed E-state index contributed by atoms with van der Waals surface area (Å²) in [6.45, 7) is 1.84. The van der Waals surface area contributed by atoms with Gasteiger partial charge in [0, 0.05) is 18.1 Å². The Morgan fingerprint density at radius 3 is 2.67 bits per heavy atom. The molecule has 1 aromatic heterocycles. The summed E-state index contributed by atoms with van der Waals surface area (Å²) in [5.74, 6) is -2.08. The molecule has 0 aliphatic heterocycles. The third-order valence-electron chi connectivity index (χ3n) is 3.17. The number of rotatable bonds is 4. The summed E-state index contributed by atoms with van der Waals surface area (Å²) in [5.41, 5.74) is 0.809. The standard InChI is InChI=1S/C14H13ClN2O4/c1-8(9-4-3-5-10(15)6-9)17(2)13(18)11-7-12(14(19)20)21-16-11/h3-8H,1-2H3,(H,19,20). The Morgan fingerprint density at radius 2 is 2.10 bits per heavy atom. The summed E-state index contributed by atoms with van der Waals surface area (Å²) in [5, 5.41) is 12.8. The lowest BCUT2D eigenvalue weighted by Crippen LogP contribution is -2.29. The van der Waals surface area contributed by atoms with Gasteiger partial charge in [-0.3, -0.25) is 4.79 Å². The molecular weight excluding hydrogens is 296 g/mol. The average molecular weight is 309 g/mol. The molecule has 0 fully saturated rings. The van der Waals surface area contributed by atoms with E-state index in [4.69, 9.17) is 16.7 Å². The fourth-order valence-corrected chi connectivity index (χ4v) is 2.02. The molecule has 0 aliphatic carbocycles. The van der Waals surface area contributed by atoms with Crippen molar-refractivity contribution in [1.82, 2.24) is 10.1 Å². The third kappa shape index (κ3) is 3.22. The first-order chi connectivity index (χ1) is 9.90. The van der Waals surface area contributed by atoms with Crippen LogP contribution in [0.25, 0.3) is 0 Å². The van der Waals surface area contributed by atoms with E-state index in [1.165, 1.54) is 4.90 Å². The van der Waals surface area contributed by atoms with Gasteiger partial charge in [-0.1, -0.05) is 28.9 Å². The van der Waals surface area contributed by atoms with E-state index in [1.807, 2.05) is 13.0 Å². The Bertz CT molecular complexity index is 683. The van der Waals surface area contributed by atoms with Gasteiger partial charge in [0.05, 0.1) is 6.04 Å². The molecule has 1 unspecified atom stereocenters. The summed E-state index contributed by atoms with van der Waals surface area (Å²) >= 11 is 5.93. The normalized spacial score (nSPS) is 12.0. The fraction of sp³-hybridized carbons (Fsp3) is 0.214. The summed E-state index contributed by atoms with van der Waals surface area (Å²) < 4.78 is 4.58. The first kappa shape index (κ1) is 15.1. The maximum atomic E-state index is 12.3. The minimum Gasteiger partial charge on any atom is -0.475 e. The number of carbonyl (C=O) groups is 2. The number of amides is 1. The number of carboxylic acids is 1. The first-order valence-electron chi connectivity index (χ1n) is 6.12. The van der Waals surface area contributed by atoms with Crippen molar-refractivity contribution >= 4 is 23.5 Å². The summed E-state index contributed by atoms with van der Waals surface area (Å²) in [6.07, 6.45) is 0. The second-order valence-electron chi connectivity index (χ2n) is 4.53. The van der Waals surface area contributed by atoms with E-state index in [0.717, 1.165) is 11.6 Å². The average Bonchev–Trinajstić information content (AvgIpc) is 2.95. The molecule has 1 heterocycles. The van der Waals surface area contributed by atoms with Crippen LogP contribution in [0.1, 0.15) is 39.6 Å². The van der Waals surface area contributed by atoms with Gasteiger partial charge < -0.3 is 14.5 Å². The van der Waals surface area contributed by atoms with Crippen LogP contribution < -0.4 is 0 Å². The van der Waals surface area contributed by atoms with Crippen LogP contribution in [-0.2, 0) is 0 Å². The topological polar surface area (TPSA) is 83.6 Å². The Balaban J connectivity index is 2.19. The summed E-state index contributed by atoms with van der Waals surface area (Å²) in [6, 6.07) is 8.02. The lowest BCUT2D eigenvalue weighted by atomic mass is 10.1. The van der Waals surface area contributed by atoms with E-state index in [0.29, 0.717) is 5.02 Å². The highest BCUT2D eigenvalue weighted by molar-refractivity contribution is 6.30. The molecule has 0 radical (unpaired) electrons. The highest BCUT2D eigenvalue weighted by atomic mass is 35.5. The van der Waals surface area contributed by atoms with Gasteiger partial charge in [0.2, 0.25) is 5.76 Å². The zero-order chi connectivity index (χ0) is 15.6. The number of nitrogens with zero attached hydrogens (tertiary/aromatic N) is 2. The van der Waals surface area contributed by atoms with Gasteiger partial charge in [-0.15, -0.1) is 0 Å². The van der Waals surface area contributed by atoms with Crippen LogP contribution in [0.2, 0.25) is 5.02 Å². The van der Waals surface area contributed by atoms with Gasteiger partial charge in [-0.25, -0.2) is 4.79 Å². The van der Waals surface area contributed by atoms with Gasteiger partial charge in [0.1, 0.15) is 0 Å². The van der Waals surface area contributed by atoms with Crippen molar-refractivity contribution in [2.75, 3.05) is 7.05 Å². The molecule has 1 aromatic carbocycles. The number of hydrogen-bond donors (Lipinski definition) is 1. The quantitative estimate of drug-likeness (QED) is 0.939. The smallest absolute Gasteiger partial charge is 0.374 e. The predicted molar refractivity (Wildman–Crippen MR) is 75.4 cm³/mol. The Hall–Kier alpha value is -2.34. The van der Waals surface area contributed by atoms with Crippen LogP contribution >= 0.6 is 11.6 Å². The van der Waals surface area contributed by atoms with E-state index < -0.39 is 11.9 Å². The van der Waals surface area contributed by atoms with Gasteiger partial charge in [0.15, 0.2) is 5.69 Å². The molecule has 1 N–H and O–H groups in total. The zero-order valence-corrected chi connectivity index (χ0v) is 12.2. The SMILES string of the molecule is CC(c1cccc(Cl)c1)N(C)C(=O)c1cc(C(=O)O)on1. The minimum atomic E-state index is -1.27. The molecule has 1 atom stereocenters. The van der Waals surface area contributed by atoms with Crippen molar-refractivity contribution in [3.8, 4) is 0 Å².